The minimum atomic E-state index is -1.01. The fourth-order valence-corrected chi connectivity index (χ4v) is 1.62. The van der Waals surface area contributed by atoms with E-state index in [1.807, 2.05) is 6.92 Å². The van der Waals surface area contributed by atoms with Crippen molar-refractivity contribution in [3.05, 3.63) is 18.0 Å². The van der Waals surface area contributed by atoms with Crippen molar-refractivity contribution < 1.29 is 14.7 Å². The van der Waals surface area contributed by atoms with Gasteiger partial charge in [0.25, 0.3) is 0 Å². The maximum absolute atomic E-state index is 11.6. The number of hydrogen-bond donors (Lipinski definition) is 3. The van der Waals surface area contributed by atoms with Gasteiger partial charge in [-0.2, -0.15) is 5.10 Å². The highest BCUT2D eigenvalue weighted by Crippen LogP contribution is 2.01. The maximum atomic E-state index is 11.6. The van der Waals surface area contributed by atoms with Crippen LogP contribution in [0, 0.1) is 0 Å². The molecule has 7 nitrogen and oxygen atoms in total. The van der Waals surface area contributed by atoms with Gasteiger partial charge < -0.3 is 15.7 Å². The van der Waals surface area contributed by atoms with Crippen LogP contribution in [0.4, 0.5) is 4.79 Å². The lowest BCUT2D eigenvalue weighted by atomic mass is 10.1. The fourth-order valence-electron chi connectivity index (χ4n) is 1.62. The van der Waals surface area contributed by atoms with Gasteiger partial charge in [0.2, 0.25) is 0 Å². The van der Waals surface area contributed by atoms with Gasteiger partial charge in [0.15, 0.2) is 0 Å². The Bertz CT molecular complexity index is 430. The van der Waals surface area contributed by atoms with Crippen molar-refractivity contribution in [2.75, 3.05) is 0 Å². The number of nitrogens with one attached hydrogen (secondary N) is 2. The predicted molar refractivity (Wildman–Crippen MR) is 69.5 cm³/mol. The smallest absolute Gasteiger partial charge is 0.326 e. The summed E-state index contributed by atoms with van der Waals surface area (Å²) in [6, 6.07) is 0.461. The number of unbranched alkanes of at least 4 members (excludes halogenated alkanes) is 1. The molecule has 0 saturated heterocycles. The molecule has 0 radical (unpaired) electrons. The van der Waals surface area contributed by atoms with Crippen LogP contribution in [0.3, 0.4) is 0 Å². The second-order valence-electron chi connectivity index (χ2n) is 4.31. The van der Waals surface area contributed by atoms with E-state index in [4.69, 9.17) is 5.11 Å². The van der Waals surface area contributed by atoms with Crippen LogP contribution >= 0.6 is 0 Å². The first-order chi connectivity index (χ1) is 9.04. The molecule has 1 aromatic heterocycles. The van der Waals surface area contributed by atoms with Crippen molar-refractivity contribution in [1.29, 1.82) is 0 Å². The molecule has 1 heterocycles. The molecule has 2 amide bonds. The number of carbonyl (C=O) groups is 2. The van der Waals surface area contributed by atoms with E-state index in [2.05, 4.69) is 15.7 Å². The lowest BCUT2D eigenvalue weighted by Gasteiger charge is -2.14. The first-order valence-corrected chi connectivity index (χ1v) is 6.28. The van der Waals surface area contributed by atoms with Gasteiger partial charge in [-0.25, -0.2) is 9.59 Å². The highest BCUT2D eigenvalue weighted by atomic mass is 16.4. The molecule has 1 atom stereocenters. The zero-order chi connectivity index (χ0) is 14.3. The lowest BCUT2D eigenvalue weighted by molar-refractivity contribution is -0.139. The van der Waals surface area contributed by atoms with Gasteiger partial charge in [0, 0.05) is 13.2 Å². The van der Waals surface area contributed by atoms with E-state index in [0.717, 1.165) is 18.5 Å². The fraction of sp³-hybridized carbons (Fsp3) is 0.583. The van der Waals surface area contributed by atoms with Crippen LogP contribution in [0.5, 0.6) is 0 Å². The quantitative estimate of drug-likeness (QED) is 0.683. The highest BCUT2D eigenvalue weighted by Gasteiger charge is 2.18. The van der Waals surface area contributed by atoms with E-state index in [0.29, 0.717) is 13.0 Å². The predicted octanol–water partition coefficient (Wildman–Crippen LogP) is 0.863. The largest absolute Gasteiger partial charge is 0.480 e. The molecule has 0 aliphatic heterocycles. The van der Waals surface area contributed by atoms with Crippen molar-refractivity contribution in [2.45, 2.75) is 38.8 Å². The molecule has 0 unspecified atom stereocenters. The minimum Gasteiger partial charge on any atom is -0.480 e. The average molecular weight is 268 g/mol. The number of carbonyl (C=O) groups excluding carboxylic acids is 1. The monoisotopic (exact) mass is 268 g/mol. The van der Waals surface area contributed by atoms with E-state index in [-0.39, 0.29) is 0 Å². The van der Waals surface area contributed by atoms with Gasteiger partial charge in [0.05, 0.1) is 12.2 Å². The molecule has 106 valence electrons. The van der Waals surface area contributed by atoms with Crippen molar-refractivity contribution in [3.63, 3.8) is 0 Å². The third kappa shape index (κ3) is 4.99. The number of carboxylic acid groups (broad SMARTS) is 1. The van der Waals surface area contributed by atoms with Crippen molar-refractivity contribution >= 4 is 12.0 Å². The summed E-state index contributed by atoms with van der Waals surface area (Å²) in [5, 5.41) is 18.0. The Hall–Kier alpha value is -2.05. The number of carboxylic acids is 1. The summed E-state index contributed by atoms with van der Waals surface area (Å²) in [5.74, 6) is -1.01. The Morgan fingerprint density at radius 2 is 2.26 bits per heavy atom. The normalized spacial score (nSPS) is 11.9. The first kappa shape index (κ1) is 15.0. The topological polar surface area (TPSA) is 96.3 Å². The molecule has 0 saturated carbocycles. The number of aliphatic carboxylic acids is 1. The van der Waals surface area contributed by atoms with Crippen LogP contribution in [0.1, 0.15) is 31.9 Å². The molecule has 1 rings (SSSR count). The molecular weight excluding hydrogens is 248 g/mol. The third-order valence-corrected chi connectivity index (χ3v) is 2.80. The average Bonchev–Trinajstić information content (AvgIpc) is 2.77. The van der Waals surface area contributed by atoms with Crippen molar-refractivity contribution in [2.24, 2.45) is 7.05 Å². The van der Waals surface area contributed by atoms with E-state index >= 15 is 0 Å². The molecule has 7 heteroatoms. The van der Waals surface area contributed by atoms with Gasteiger partial charge in [0.1, 0.15) is 6.04 Å². The Balaban J connectivity index is 2.40. The molecule has 1 aromatic rings. The molecule has 0 aliphatic rings. The molecule has 0 fully saturated rings. The van der Waals surface area contributed by atoms with Crippen molar-refractivity contribution in [1.82, 2.24) is 20.4 Å². The van der Waals surface area contributed by atoms with E-state index in [1.54, 1.807) is 24.0 Å². The van der Waals surface area contributed by atoms with Gasteiger partial charge in [-0.05, 0) is 12.5 Å². The molecule has 19 heavy (non-hydrogen) atoms. The summed E-state index contributed by atoms with van der Waals surface area (Å²) >= 11 is 0. The summed E-state index contributed by atoms with van der Waals surface area (Å²) in [5.41, 5.74) is 0.843. The SMILES string of the molecule is CCCC[C@H](NC(=O)NCc1ccnn1C)C(=O)O. The molecular formula is C12H20N4O3. The van der Waals surface area contributed by atoms with Crippen LogP contribution in [0.15, 0.2) is 12.3 Å². The van der Waals surface area contributed by atoms with Crippen LogP contribution in [-0.4, -0.2) is 32.9 Å². The molecule has 0 bridgehead atoms. The number of nitrogens with zero attached hydrogens (tertiary/aromatic N) is 2. The Morgan fingerprint density at radius 3 is 2.79 bits per heavy atom. The highest BCUT2D eigenvalue weighted by molar-refractivity contribution is 5.82. The number of amides is 2. The summed E-state index contributed by atoms with van der Waals surface area (Å²) in [6.07, 6.45) is 3.72. The van der Waals surface area contributed by atoms with Crippen LogP contribution in [0.2, 0.25) is 0 Å². The number of hydrogen-bond acceptors (Lipinski definition) is 3. The Kier molecular flexibility index (Phi) is 5.84. The molecule has 0 spiro atoms. The second kappa shape index (κ2) is 7.40. The van der Waals surface area contributed by atoms with Gasteiger partial charge in [-0.3, -0.25) is 4.68 Å². The summed E-state index contributed by atoms with van der Waals surface area (Å²) < 4.78 is 1.64. The molecule has 0 aromatic carbocycles. The lowest BCUT2D eigenvalue weighted by Crippen LogP contribution is -2.45. The maximum Gasteiger partial charge on any atom is 0.326 e. The summed E-state index contributed by atoms with van der Waals surface area (Å²) in [6.45, 7) is 2.28. The summed E-state index contributed by atoms with van der Waals surface area (Å²) in [7, 11) is 1.77. The van der Waals surface area contributed by atoms with Gasteiger partial charge >= 0.3 is 12.0 Å². The molecule has 0 aliphatic carbocycles. The van der Waals surface area contributed by atoms with Crippen molar-refractivity contribution in [3.8, 4) is 0 Å². The van der Waals surface area contributed by atoms with Gasteiger partial charge in [-0.1, -0.05) is 19.8 Å². The van der Waals surface area contributed by atoms with Crippen LogP contribution in [-0.2, 0) is 18.4 Å². The Labute approximate surface area is 112 Å². The Morgan fingerprint density at radius 1 is 1.53 bits per heavy atom. The number of aryl methyl sites for hydroxylation is 1. The third-order valence-electron chi connectivity index (χ3n) is 2.80. The minimum absolute atomic E-state index is 0.308. The summed E-state index contributed by atoms with van der Waals surface area (Å²) in [4.78, 5) is 22.6. The first-order valence-electron chi connectivity index (χ1n) is 6.28. The van der Waals surface area contributed by atoms with Crippen LogP contribution in [0.25, 0.3) is 0 Å². The van der Waals surface area contributed by atoms with E-state index in [9.17, 15) is 9.59 Å². The second-order valence-corrected chi connectivity index (χ2v) is 4.31. The van der Waals surface area contributed by atoms with Crippen LogP contribution < -0.4 is 10.6 Å². The van der Waals surface area contributed by atoms with E-state index < -0.39 is 18.0 Å². The zero-order valence-electron chi connectivity index (χ0n) is 11.2. The number of aromatic nitrogens is 2. The number of rotatable bonds is 7. The zero-order valence-corrected chi connectivity index (χ0v) is 11.2. The van der Waals surface area contributed by atoms with E-state index in [1.165, 1.54) is 0 Å². The standard InChI is InChI=1S/C12H20N4O3/c1-3-4-5-10(11(17)18)15-12(19)13-8-9-6-7-14-16(9)2/h6-7,10H,3-5,8H2,1-2H3,(H,17,18)(H2,13,15,19)/t10-/m0/s1. The number of urea groups is 1. The van der Waals surface area contributed by atoms with Gasteiger partial charge in [-0.15, -0.1) is 0 Å². The molecule has 3 N–H and O–H groups in total.